The van der Waals surface area contributed by atoms with Crippen molar-refractivity contribution in [2.24, 2.45) is 0 Å². The fourth-order valence-corrected chi connectivity index (χ4v) is 3.32. The second kappa shape index (κ2) is 6.91. The first kappa shape index (κ1) is 15.1. The second-order valence-electron chi connectivity index (χ2n) is 5.13. The number of benzene rings is 1. The second-order valence-corrected chi connectivity index (χ2v) is 6.08. The first-order chi connectivity index (χ1) is 9.63. The van der Waals surface area contributed by atoms with Crippen LogP contribution in [0.2, 0.25) is 0 Å². The third-order valence-corrected chi connectivity index (χ3v) is 4.58. The van der Waals surface area contributed by atoms with Crippen LogP contribution in [0, 0.1) is 13.8 Å². The van der Waals surface area contributed by atoms with Gasteiger partial charge in [0.15, 0.2) is 0 Å². The SMILES string of the molecule is CCNC(Cc1cc(C)ccc1C)c1cc(OC)cs1. The van der Waals surface area contributed by atoms with Crippen LogP contribution >= 0.6 is 11.3 Å². The summed E-state index contributed by atoms with van der Waals surface area (Å²) >= 11 is 1.76. The molecule has 1 heterocycles. The lowest BCUT2D eigenvalue weighted by atomic mass is 9.98. The van der Waals surface area contributed by atoms with Crippen LogP contribution in [0.5, 0.6) is 5.75 Å². The van der Waals surface area contributed by atoms with E-state index < -0.39 is 0 Å². The van der Waals surface area contributed by atoms with Gasteiger partial charge in [0.2, 0.25) is 0 Å². The Hall–Kier alpha value is -1.32. The molecule has 1 aromatic carbocycles. The van der Waals surface area contributed by atoms with Gasteiger partial charge in [-0.15, -0.1) is 11.3 Å². The minimum absolute atomic E-state index is 0.356. The zero-order chi connectivity index (χ0) is 14.5. The summed E-state index contributed by atoms with van der Waals surface area (Å²) in [4.78, 5) is 1.34. The predicted octanol–water partition coefficient (Wildman–Crippen LogP) is 4.27. The number of aryl methyl sites for hydroxylation is 2. The minimum atomic E-state index is 0.356. The largest absolute Gasteiger partial charge is 0.496 e. The van der Waals surface area contributed by atoms with E-state index in [9.17, 15) is 0 Å². The van der Waals surface area contributed by atoms with E-state index in [0.29, 0.717) is 6.04 Å². The maximum atomic E-state index is 5.30. The number of hydrogen-bond donors (Lipinski definition) is 1. The molecule has 0 amide bonds. The Bertz CT molecular complexity index is 562. The molecule has 1 aromatic heterocycles. The topological polar surface area (TPSA) is 21.3 Å². The first-order valence-corrected chi connectivity index (χ1v) is 7.94. The normalized spacial score (nSPS) is 12.4. The third-order valence-electron chi connectivity index (χ3n) is 3.55. The summed E-state index contributed by atoms with van der Waals surface area (Å²) in [6.07, 6.45) is 1.02. The molecule has 1 N–H and O–H groups in total. The lowest BCUT2D eigenvalue weighted by molar-refractivity contribution is 0.415. The molecule has 108 valence electrons. The van der Waals surface area contributed by atoms with Crippen molar-refractivity contribution in [1.29, 1.82) is 0 Å². The average Bonchev–Trinajstić information content (AvgIpc) is 2.91. The fraction of sp³-hybridized carbons (Fsp3) is 0.412. The number of nitrogens with one attached hydrogen (secondary N) is 1. The molecule has 0 spiro atoms. The molecule has 0 aliphatic carbocycles. The Morgan fingerprint density at radius 3 is 2.70 bits per heavy atom. The number of likely N-dealkylation sites (N-methyl/N-ethyl adjacent to an activating group) is 1. The van der Waals surface area contributed by atoms with Gasteiger partial charge >= 0.3 is 0 Å². The van der Waals surface area contributed by atoms with E-state index >= 15 is 0 Å². The molecule has 2 nitrogen and oxygen atoms in total. The van der Waals surface area contributed by atoms with Gasteiger partial charge in [-0.05, 0) is 44.0 Å². The number of thiophene rings is 1. The highest BCUT2D eigenvalue weighted by molar-refractivity contribution is 7.10. The van der Waals surface area contributed by atoms with Crippen molar-refractivity contribution in [3.8, 4) is 5.75 Å². The van der Waals surface area contributed by atoms with Crippen molar-refractivity contribution in [3.63, 3.8) is 0 Å². The maximum absolute atomic E-state index is 5.30. The van der Waals surface area contributed by atoms with Crippen LogP contribution < -0.4 is 10.1 Å². The summed E-state index contributed by atoms with van der Waals surface area (Å²) in [6, 6.07) is 9.18. The van der Waals surface area contributed by atoms with Crippen LogP contribution in [-0.4, -0.2) is 13.7 Å². The molecule has 0 fully saturated rings. The smallest absolute Gasteiger partial charge is 0.129 e. The van der Waals surface area contributed by atoms with Crippen molar-refractivity contribution < 1.29 is 4.74 Å². The molecule has 0 saturated carbocycles. The van der Waals surface area contributed by atoms with Crippen LogP contribution in [0.1, 0.15) is 34.5 Å². The van der Waals surface area contributed by atoms with Gasteiger partial charge in [0.05, 0.1) is 7.11 Å². The molecule has 2 aromatic rings. The van der Waals surface area contributed by atoms with Gasteiger partial charge in [-0.1, -0.05) is 30.7 Å². The van der Waals surface area contributed by atoms with Crippen LogP contribution in [0.4, 0.5) is 0 Å². The van der Waals surface area contributed by atoms with E-state index in [2.05, 4.69) is 55.7 Å². The Balaban J connectivity index is 2.22. The summed E-state index contributed by atoms with van der Waals surface area (Å²) in [7, 11) is 1.72. The van der Waals surface area contributed by atoms with E-state index in [4.69, 9.17) is 4.74 Å². The maximum Gasteiger partial charge on any atom is 0.129 e. The molecule has 0 saturated heterocycles. The predicted molar refractivity (Wildman–Crippen MR) is 86.9 cm³/mol. The zero-order valence-electron chi connectivity index (χ0n) is 12.7. The van der Waals surface area contributed by atoms with Crippen molar-refractivity contribution in [2.75, 3.05) is 13.7 Å². The Labute approximate surface area is 125 Å². The summed E-state index contributed by atoms with van der Waals surface area (Å²) in [5, 5.41) is 5.66. The third kappa shape index (κ3) is 3.62. The molecule has 20 heavy (non-hydrogen) atoms. The molecular formula is C17H23NOS. The zero-order valence-corrected chi connectivity index (χ0v) is 13.5. The summed E-state index contributed by atoms with van der Waals surface area (Å²) < 4.78 is 5.30. The fourth-order valence-electron chi connectivity index (χ4n) is 2.38. The molecule has 1 atom stereocenters. The average molecular weight is 289 g/mol. The van der Waals surface area contributed by atoms with Gasteiger partial charge in [0.25, 0.3) is 0 Å². The van der Waals surface area contributed by atoms with E-state index in [1.807, 2.05) is 0 Å². The number of ether oxygens (including phenoxy) is 1. The monoisotopic (exact) mass is 289 g/mol. The van der Waals surface area contributed by atoms with Gasteiger partial charge in [-0.3, -0.25) is 0 Å². The van der Waals surface area contributed by atoms with Crippen molar-refractivity contribution in [2.45, 2.75) is 33.2 Å². The van der Waals surface area contributed by atoms with Crippen LogP contribution in [0.25, 0.3) is 0 Å². The molecular weight excluding hydrogens is 266 g/mol. The van der Waals surface area contributed by atoms with Crippen LogP contribution in [-0.2, 0) is 6.42 Å². The minimum Gasteiger partial charge on any atom is -0.496 e. The highest BCUT2D eigenvalue weighted by atomic mass is 32.1. The van der Waals surface area contributed by atoms with Gasteiger partial charge in [-0.25, -0.2) is 0 Å². The molecule has 0 aliphatic rings. The highest BCUT2D eigenvalue weighted by Gasteiger charge is 2.15. The van der Waals surface area contributed by atoms with E-state index in [1.165, 1.54) is 21.6 Å². The molecule has 2 rings (SSSR count). The lowest BCUT2D eigenvalue weighted by Gasteiger charge is -2.18. The van der Waals surface area contributed by atoms with Crippen LogP contribution in [0.15, 0.2) is 29.6 Å². The molecule has 0 aliphatic heterocycles. The van der Waals surface area contributed by atoms with Crippen molar-refractivity contribution in [1.82, 2.24) is 5.32 Å². The number of hydrogen-bond acceptors (Lipinski definition) is 3. The van der Waals surface area contributed by atoms with E-state index in [-0.39, 0.29) is 0 Å². The standard InChI is InChI=1S/C17H23NOS/c1-5-18-16(17-10-15(19-4)11-20-17)9-14-8-12(2)6-7-13(14)3/h6-8,10-11,16,18H,5,9H2,1-4H3. The first-order valence-electron chi connectivity index (χ1n) is 7.06. The number of methoxy groups -OCH3 is 1. The molecule has 0 bridgehead atoms. The van der Waals surface area contributed by atoms with Gasteiger partial charge < -0.3 is 10.1 Å². The summed E-state index contributed by atoms with van der Waals surface area (Å²) in [5.74, 6) is 0.953. The van der Waals surface area contributed by atoms with Gasteiger partial charge in [0, 0.05) is 16.3 Å². The Morgan fingerprint density at radius 2 is 2.05 bits per heavy atom. The van der Waals surface area contributed by atoms with Crippen molar-refractivity contribution >= 4 is 11.3 Å². The number of rotatable bonds is 6. The lowest BCUT2D eigenvalue weighted by Crippen LogP contribution is -2.22. The summed E-state index contributed by atoms with van der Waals surface area (Å²) in [6.45, 7) is 7.46. The van der Waals surface area contributed by atoms with Gasteiger partial charge in [0.1, 0.15) is 5.75 Å². The van der Waals surface area contributed by atoms with Crippen molar-refractivity contribution in [3.05, 3.63) is 51.2 Å². The quantitative estimate of drug-likeness (QED) is 0.857. The molecule has 1 unspecified atom stereocenters. The van der Waals surface area contributed by atoms with Crippen LogP contribution in [0.3, 0.4) is 0 Å². The van der Waals surface area contributed by atoms with Gasteiger partial charge in [-0.2, -0.15) is 0 Å². The van der Waals surface area contributed by atoms with E-state index in [0.717, 1.165) is 18.7 Å². The Morgan fingerprint density at radius 1 is 1.25 bits per heavy atom. The highest BCUT2D eigenvalue weighted by Crippen LogP contribution is 2.29. The van der Waals surface area contributed by atoms with E-state index in [1.54, 1.807) is 18.4 Å². The summed E-state index contributed by atoms with van der Waals surface area (Å²) in [5.41, 5.74) is 4.11. The molecule has 0 radical (unpaired) electrons. The molecule has 3 heteroatoms. The Kier molecular flexibility index (Phi) is 5.21.